The van der Waals surface area contributed by atoms with Crippen LogP contribution in [-0.2, 0) is 27.5 Å². The lowest BCUT2D eigenvalue weighted by Crippen LogP contribution is -2.49. The standard InChI is InChI=1S/C24H24N4O2S/c29-22-11-12-24(20-5-2-1-3-6-20)28(22)21(17-31-24)23(30)25-15-18-7-9-19(10-8-18)16-27-14-4-13-26-27/h1-10,13-14,21H,11-12,15-17H2,(H,25,30)/t21-,24-/m0/s1. The first-order valence-corrected chi connectivity index (χ1v) is 11.5. The molecule has 31 heavy (non-hydrogen) atoms. The summed E-state index contributed by atoms with van der Waals surface area (Å²) in [6.45, 7) is 1.17. The predicted molar refractivity (Wildman–Crippen MR) is 120 cm³/mol. The largest absolute Gasteiger partial charge is 0.350 e. The molecule has 1 N–H and O–H groups in total. The van der Waals surface area contributed by atoms with Gasteiger partial charge < -0.3 is 10.2 Å². The first kappa shape index (κ1) is 19.9. The molecule has 0 spiro atoms. The van der Waals surface area contributed by atoms with E-state index in [2.05, 4.69) is 34.7 Å². The third-order valence-electron chi connectivity index (χ3n) is 6.05. The summed E-state index contributed by atoms with van der Waals surface area (Å²) < 4.78 is 1.88. The topological polar surface area (TPSA) is 67.2 Å². The first-order chi connectivity index (χ1) is 15.2. The van der Waals surface area contributed by atoms with E-state index in [9.17, 15) is 9.59 Å². The number of benzene rings is 2. The minimum atomic E-state index is -0.431. The molecule has 3 aromatic rings. The lowest BCUT2D eigenvalue weighted by atomic mass is 10.0. The molecule has 2 amide bonds. The summed E-state index contributed by atoms with van der Waals surface area (Å²) in [7, 11) is 0. The third-order valence-corrected chi connectivity index (χ3v) is 7.64. The van der Waals surface area contributed by atoms with Crippen LogP contribution in [0.25, 0.3) is 0 Å². The highest BCUT2D eigenvalue weighted by molar-refractivity contribution is 8.00. The van der Waals surface area contributed by atoms with E-state index < -0.39 is 10.9 Å². The van der Waals surface area contributed by atoms with Crippen LogP contribution in [0.3, 0.4) is 0 Å². The molecule has 2 atom stereocenters. The van der Waals surface area contributed by atoms with Gasteiger partial charge in [0.2, 0.25) is 11.8 Å². The third kappa shape index (κ3) is 3.74. The van der Waals surface area contributed by atoms with E-state index in [0.29, 0.717) is 18.7 Å². The number of fused-ring (bicyclic) bond motifs is 1. The zero-order valence-electron chi connectivity index (χ0n) is 17.1. The predicted octanol–water partition coefficient (Wildman–Crippen LogP) is 3.14. The first-order valence-electron chi connectivity index (χ1n) is 10.5. The molecule has 0 aliphatic carbocycles. The van der Waals surface area contributed by atoms with Crippen LogP contribution in [0.4, 0.5) is 0 Å². The second kappa shape index (κ2) is 8.23. The fourth-order valence-corrected chi connectivity index (χ4v) is 6.14. The lowest BCUT2D eigenvalue weighted by Gasteiger charge is -2.34. The summed E-state index contributed by atoms with van der Waals surface area (Å²) in [5, 5.41) is 7.27. The molecule has 7 heteroatoms. The maximum Gasteiger partial charge on any atom is 0.244 e. The smallest absolute Gasteiger partial charge is 0.244 e. The quantitative estimate of drug-likeness (QED) is 0.650. The molecule has 2 aliphatic heterocycles. The van der Waals surface area contributed by atoms with Gasteiger partial charge in [0, 0.05) is 31.1 Å². The zero-order valence-corrected chi connectivity index (χ0v) is 17.9. The maximum atomic E-state index is 13.0. The number of carbonyl (C=O) groups is 2. The maximum absolute atomic E-state index is 13.0. The van der Waals surface area contributed by atoms with E-state index >= 15 is 0 Å². The summed E-state index contributed by atoms with van der Waals surface area (Å²) in [6.07, 6.45) is 4.94. The van der Waals surface area contributed by atoms with Gasteiger partial charge in [0.15, 0.2) is 0 Å². The Balaban J connectivity index is 1.24. The number of amides is 2. The molecule has 2 saturated heterocycles. The average molecular weight is 433 g/mol. The van der Waals surface area contributed by atoms with E-state index in [1.807, 2.05) is 52.2 Å². The summed E-state index contributed by atoms with van der Waals surface area (Å²) >= 11 is 1.71. The van der Waals surface area contributed by atoms with Gasteiger partial charge in [-0.3, -0.25) is 14.3 Å². The Labute approximate surface area is 185 Å². The summed E-state index contributed by atoms with van der Waals surface area (Å²) in [6, 6.07) is 19.7. The van der Waals surface area contributed by atoms with Gasteiger partial charge >= 0.3 is 0 Å². The van der Waals surface area contributed by atoms with Crippen molar-refractivity contribution in [1.29, 1.82) is 0 Å². The Hall–Kier alpha value is -3.06. The number of hydrogen-bond donors (Lipinski definition) is 1. The highest BCUT2D eigenvalue weighted by Crippen LogP contribution is 2.54. The van der Waals surface area contributed by atoms with Crippen LogP contribution >= 0.6 is 11.8 Å². The number of nitrogens with zero attached hydrogens (tertiary/aromatic N) is 3. The minimum absolute atomic E-state index is 0.0666. The number of thioether (sulfide) groups is 1. The molecule has 0 unspecified atom stereocenters. The van der Waals surface area contributed by atoms with Crippen molar-refractivity contribution in [3.8, 4) is 0 Å². The molecular formula is C24H24N4O2S. The number of carbonyl (C=O) groups excluding carboxylic acids is 2. The van der Waals surface area contributed by atoms with Crippen LogP contribution in [0.1, 0.15) is 29.5 Å². The normalized spacial score (nSPS) is 22.5. The highest BCUT2D eigenvalue weighted by Gasteiger charge is 2.56. The Morgan fingerprint density at radius 2 is 1.87 bits per heavy atom. The summed E-state index contributed by atoms with van der Waals surface area (Å²) in [5.74, 6) is 0.605. The van der Waals surface area contributed by atoms with Gasteiger partial charge in [-0.2, -0.15) is 5.10 Å². The number of hydrogen-bond acceptors (Lipinski definition) is 4. The van der Waals surface area contributed by atoms with Crippen LogP contribution in [0.2, 0.25) is 0 Å². The van der Waals surface area contributed by atoms with Gasteiger partial charge in [0.05, 0.1) is 6.54 Å². The van der Waals surface area contributed by atoms with Gasteiger partial charge in [-0.1, -0.05) is 54.6 Å². The molecule has 2 fully saturated rings. The molecule has 2 aliphatic rings. The van der Waals surface area contributed by atoms with Crippen molar-refractivity contribution in [2.75, 3.05) is 5.75 Å². The zero-order chi connectivity index (χ0) is 21.3. The molecule has 3 heterocycles. The average Bonchev–Trinajstić information content (AvgIpc) is 3.52. The van der Waals surface area contributed by atoms with Crippen molar-refractivity contribution < 1.29 is 9.59 Å². The van der Waals surface area contributed by atoms with Crippen molar-refractivity contribution >= 4 is 23.6 Å². The lowest BCUT2D eigenvalue weighted by molar-refractivity contribution is -0.138. The monoisotopic (exact) mass is 432 g/mol. The van der Waals surface area contributed by atoms with Gasteiger partial charge in [0.25, 0.3) is 0 Å². The van der Waals surface area contributed by atoms with Gasteiger partial charge in [-0.25, -0.2) is 0 Å². The summed E-state index contributed by atoms with van der Waals surface area (Å²) in [4.78, 5) is 27.2. The van der Waals surface area contributed by atoms with Crippen LogP contribution in [-0.4, -0.2) is 38.3 Å². The van der Waals surface area contributed by atoms with Crippen LogP contribution < -0.4 is 5.32 Å². The van der Waals surface area contributed by atoms with Crippen molar-refractivity contribution in [2.45, 2.75) is 36.8 Å². The Morgan fingerprint density at radius 3 is 2.61 bits per heavy atom. The van der Waals surface area contributed by atoms with E-state index in [4.69, 9.17) is 0 Å². The molecule has 0 bridgehead atoms. The number of aromatic nitrogens is 2. The SMILES string of the molecule is O=C(NCc1ccc(Cn2cccn2)cc1)[C@@H]1CS[C@]2(c3ccccc3)CCC(=O)N12. The molecule has 5 rings (SSSR count). The number of rotatable bonds is 6. The van der Waals surface area contributed by atoms with Crippen molar-refractivity contribution in [3.05, 3.63) is 89.7 Å². The van der Waals surface area contributed by atoms with Crippen LogP contribution in [0, 0.1) is 0 Å². The van der Waals surface area contributed by atoms with E-state index in [1.54, 1.807) is 18.0 Å². The van der Waals surface area contributed by atoms with Gasteiger partial charge in [0.1, 0.15) is 10.9 Å². The summed E-state index contributed by atoms with van der Waals surface area (Å²) in [5.41, 5.74) is 3.29. The van der Waals surface area contributed by atoms with E-state index in [0.717, 1.165) is 29.7 Å². The van der Waals surface area contributed by atoms with Crippen molar-refractivity contribution in [3.63, 3.8) is 0 Å². The second-order valence-corrected chi connectivity index (χ2v) is 9.28. The van der Waals surface area contributed by atoms with Crippen molar-refractivity contribution in [2.24, 2.45) is 0 Å². The fourth-order valence-electron chi connectivity index (χ4n) is 4.49. The van der Waals surface area contributed by atoms with Gasteiger partial charge in [-0.05, 0) is 29.2 Å². The van der Waals surface area contributed by atoms with Crippen molar-refractivity contribution in [1.82, 2.24) is 20.0 Å². The Morgan fingerprint density at radius 1 is 1.10 bits per heavy atom. The van der Waals surface area contributed by atoms with E-state index in [1.165, 1.54) is 0 Å². The molecule has 158 valence electrons. The molecule has 1 aromatic heterocycles. The molecular weight excluding hydrogens is 408 g/mol. The molecule has 0 radical (unpaired) electrons. The molecule has 0 saturated carbocycles. The van der Waals surface area contributed by atoms with Gasteiger partial charge in [-0.15, -0.1) is 11.8 Å². The number of nitrogens with one attached hydrogen (secondary N) is 1. The Kier molecular flexibility index (Phi) is 5.28. The fraction of sp³-hybridized carbons (Fsp3) is 0.292. The van der Waals surface area contributed by atoms with Crippen LogP contribution in [0.15, 0.2) is 73.1 Å². The van der Waals surface area contributed by atoms with Crippen LogP contribution in [0.5, 0.6) is 0 Å². The highest BCUT2D eigenvalue weighted by atomic mass is 32.2. The Bertz CT molecular complexity index is 1070. The van der Waals surface area contributed by atoms with E-state index in [-0.39, 0.29) is 11.8 Å². The molecule has 6 nitrogen and oxygen atoms in total. The molecule has 2 aromatic carbocycles. The minimum Gasteiger partial charge on any atom is -0.350 e. The second-order valence-electron chi connectivity index (χ2n) is 7.98.